The molecule has 0 amide bonds. The second-order valence-corrected chi connectivity index (χ2v) is 4.02. The molecule has 0 bridgehead atoms. The molecule has 1 fully saturated rings. The number of aromatic nitrogens is 1. The van der Waals surface area contributed by atoms with Crippen molar-refractivity contribution in [3.05, 3.63) is 29.6 Å². The minimum absolute atomic E-state index is 0.195. The summed E-state index contributed by atoms with van der Waals surface area (Å²) >= 11 is 0. The Bertz CT molecular complexity index is 275. The Labute approximate surface area is 79.2 Å². The molecule has 2 nitrogen and oxygen atoms in total. The summed E-state index contributed by atoms with van der Waals surface area (Å²) in [5.41, 5.74) is 8.28. The van der Waals surface area contributed by atoms with Gasteiger partial charge in [-0.05, 0) is 30.9 Å². The zero-order valence-electron chi connectivity index (χ0n) is 8.03. The van der Waals surface area contributed by atoms with Gasteiger partial charge in [0.05, 0.1) is 0 Å². The van der Waals surface area contributed by atoms with Crippen LogP contribution < -0.4 is 5.73 Å². The van der Waals surface area contributed by atoms with E-state index in [2.05, 4.69) is 11.1 Å². The molecule has 1 aliphatic carbocycles. The third-order valence-electron chi connectivity index (χ3n) is 2.65. The van der Waals surface area contributed by atoms with Crippen LogP contribution in [0.3, 0.4) is 0 Å². The van der Waals surface area contributed by atoms with Crippen molar-refractivity contribution in [1.29, 1.82) is 0 Å². The summed E-state index contributed by atoms with van der Waals surface area (Å²) in [5.74, 6) is 0.885. The van der Waals surface area contributed by atoms with E-state index in [-0.39, 0.29) is 6.04 Å². The molecule has 0 spiro atoms. The normalized spacial score (nSPS) is 18.6. The number of hydrogen-bond donors (Lipinski definition) is 1. The molecule has 2 heteroatoms. The van der Waals surface area contributed by atoms with Crippen LogP contribution >= 0.6 is 0 Å². The Hall–Kier alpha value is -0.890. The van der Waals surface area contributed by atoms with E-state index in [1.165, 1.54) is 18.4 Å². The van der Waals surface area contributed by atoms with E-state index in [0.29, 0.717) is 0 Å². The lowest BCUT2D eigenvalue weighted by atomic mass is 10.0. The van der Waals surface area contributed by atoms with Crippen molar-refractivity contribution in [1.82, 2.24) is 4.98 Å². The van der Waals surface area contributed by atoms with Crippen LogP contribution in [-0.4, -0.2) is 4.98 Å². The molecular weight excluding hydrogens is 160 g/mol. The maximum atomic E-state index is 6.05. The third-order valence-corrected chi connectivity index (χ3v) is 2.65. The average Bonchev–Trinajstić information content (AvgIpc) is 2.89. The van der Waals surface area contributed by atoms with Crippen molar-refractivity contribution in [3.8, 4) is 0 Å². The number of hydrogen-bond acceptors (Lipinski definition) is 2. The van der Waals surface area contributed by atoms with Gasteiger partial charge in [-0.3, -0.25) is 4.98 Å². The van der Waals surface area contributed by atoms with Crippen LogP contribution in [0.4, 0.5) is 0 Å². The molecule has 1 aliphatic rings. The summed E-state index contributed by atoms with van der Waals surface area (Å²) in [7, 11) is 0. The fraction of sp³-hybridized carbons (Fsp3) is 0.545. The van der Waals surface area contributed by atoms with Gasteiger partial charge in [0.15, 0.2) is 0 Å². The fourth-order valence-corrected chi connectivity index (χ4v) is 1.55. The molecular formula is C11H16N2. The molecule has 1 atom stereocenters. The third kappa shape index (κ3) is 2.28. The van der Waals surface area contributed by atoms with Crippen molar-refractivity contribution in [2.75, 3.05) is 0 Å². The molecule has 2 rings (SSSR count). The summed E-state index contributed by atoms with van der Waals surface area (Å²) in [6.07, 6.45) is 5.77. The van der Waals surface area contributed by atoms with Crippen molar-refractivity contribution in [2.45, 2.75) is 32.2 Å². The van der Waals surface area contributed by atoms with Gasteiger partial charge in [0, 0.05) is 17.9 Å². The van der Waals surface area contributed by atoms with Gasteiger partial charge >= 0.3 is 0 Å². The topological polar surface area (TPSA) is 38.9 Å². The summed E-state index contributed by atoms with van der Waals surface area (Å²) in [5, 5.41) is 0. The van der Waals surface area contributed by atoms with Crippen LogP contribution in [0, 0.1) is 12.8 Å². The van der Waals surface area contributed by atoms with Crippen molar-refractivity contribution >= 4 is 0 Å². The monoisotopic (exact) mass is 176 g/mol. The molecule has 1 aromatic rings. The predicted octanol–water partition coefficient (Wildman–Crippen LogP) is 2.19. The summed E-state index contributed by atoms with van der Waals surface area (Å²) < 4.78 is 0. The first-order valence-corrected chi connectivity index (χ1v) is 4.94. The van der Waals surface area contributed by atoms with E-state index >= 15 is 0 Å². The minimum Gasteiger partial charge on any atom is -0.324 e. The van der Waals surface area contributed by atoms with Crippen LogP contribution in [0.15, 0.2) is 18.3 Å². The quantitative estimate of drug-likeness (QED) is 0.766. The van der Waals surface area contributed by atoms with Gasteiger partial charge in [-0.25, -0.2) is 0 Å². The molecule has 0 radical (unpaired) electrons. The first-order chi connectivity index (χ1) is 6.25. The summed E-state index contributed by atoms with van der Waals surface area (Å²) in [6.45, 7) is 2.00. The van der Waals surface area contributed by atoms with Gasteiger partial charge in [-0.15, -0.1) is 0 Å². The van der Waals surface area contributed by atoms with Crippen molar-refractivity contribution in [3.63, 3.8) is 0 Å². The average molecular weight is 176 g/mol. The van der Waals surface area contributed by atoms with E-state index in [9.17, 15) is 0 Å². The van der Waals surface area contributed by atoms with Gasteiger partial charge in [0.1, 0.15) is 0 Å². The number of rotatable bonds is 3. The Kier molecular flexibility index (Phi) is 2.32. The highest BCUT2D eigenvalue weighted by Crippen LogP contribution is 2.36. The number of aryl methyl sites for hydroxylation is 1. The van der Waals surface area contributed by atoms with E-state index in [0.717, 1.165) is 18.0 Å². The lowest BCUT2D eigenvalue weighted by Crippen LogP contribution is -2.11. The SMILES string of the molecule is Cc1ccc(C(N)CC2CC2)cn1. The molecule has 2 N–H and O–H groups in total. The lowest BCUT2D eigenvalue weighted by molar-refractivity contribution is 0.595. The van der Waals surface area contributed by atoms with Crippen LogP contribution in [0.25, 0.3) is 0 Å². The van der Waals surface area contributed by atoms with Gasteiger partial charge in [-0.1, -0.05) is 18.9 Å². The molecule has 70 valence electrons. The minimum atomic E-state index is 0.195. The van der Waals surface area contributed by atoms with Gasteiger partial charge in [0.2, 0.25) is 0 Å². The maximum absolute atomic E-state index is 6.05. The van der Waals surface area contributed by atoms with Crippen LogP contribution in [0.5, 0.6) is 0 Å². The molecule has 1 aromatic heterocycles. The zero-order valence-corrected chi connectivity index (χ0v) is 8.03. The van der Waals surface area contributed by atoms with Crippen molar-refractivity contribution < 1.29 is 0 Å². The maximum Gasteiger partial charge on any atom is 0.0372 e. The van der Waals surface area contributed by atoms with Crippen LogP contribution in [0.2, 0.25) is 0 Å². The van der Waals surface area contributed by atoms with Crippen LogP contribution in [0.1, 0.15) is 36.6 Å². The molecule has 13 heavy (non-hydrogen) atoms. The Morgan fingerprint density at radius 3 is 2.85 bits per heavy atom. The smallest absolute Gasteiger partial charge is 0.0372 e. The van der Waals surface area contributed by atoms with Crippen molar-refractivity contribution in [2.24, 2.45) is 11.7 Å². The van der Waals surface area contributed by atoms with Gasteiger partial charge in [0.25, 0.3) is 0 Å². The van der Waals surface area contributed by atoms with E-state index < -0.39 is 0 Å². The molecule has 0 aliphatic heterocycles. The largest absolute Gasteiger partial charge is 0.324 e. The molecule has 1 saturated carbocycles. The Balaban J connectivity index is 2.01. The highest BCUT2D eigenvalue weighted by atomic mass is 14.7. The number of nitrogens with zero attached hydrogens (tertiary/aromatic N) is 1. The molecule has 1 unspecified atom stereocenters. The molecule has 1 heterocycles. The molecule has 0 saturated heterocycles. The summed E-state index contributed by atoms with van der Waals surface area (Å²) in [6, 6.07) is 4.32. The second-order valence-electron chi connectivity index (χ2n) is 4.02. The lowest BCUT2D eigenvalue weighted by Gasteiger charge is -2.10. The second kappa shape index (κ2) is 3.46. The predicted molar refractivity (Wildman–Crippen MR) is 53.2 cm³/mol. The fourth-order valence-electron chi connectivity index (χ4n) is 1.55. The van der Waals surface area contributed by atoms with Crippen LogP contribution in [-0.2, 0) is 0 Å². The first-order valence-electron chi connectivity index (χ1n) is 4.94. The number of pyridine rings is 1. The first kappa shape index (κ1) is 8.70. The summed E-state index contributed by atoms with van der Waals surface area (Å²) in [4.78, 5) is 4.25. The Morgan fingerprint density at radius 1 is 1.54 bits per heavy atom. The zero-order chi connectivity index (χ0) is 9.26. The van der Waals surface area contributed by atoms with E-state index in [4.69, 9.17) is 5.73 Å². The number of nitrogens with two attached hydrogens (primary N) is 1. The Morgan fingerprint density at radius 2 is 2.31 bits per heavy atom. The highest BCUT2D eigenvalue weighted by molar-refractivity contribution is 5.17. The van der Waals surface area contributed by atoms with Gasteiger partial charge in [-0.2, -0.15) is 0 Å². The molecule has 0 aromatic carbocycles. The van der Waals surface area contributed by atoms with E-state index in [1.807, 2.05) is 19.2 Å². The standard InChI is InChI=1S/C11H16N2/c1-8-2-5-10(7-13-8)11(12)6-9-3-4-9/h2,5,7,9,11H,3-4,6,12H2,1H3. The highest BCUT2D eigenvalue weighted by Gasteiger charge is 2.24. The van der Waals surface area contributed by atoms with E-state index in [1.54, 1.807) is 0 Å². The van der Waals surface area contributed by atoms with Gasteiger partial charge < -0.3 is 5.73 Å².